The van der Waals surface area contributed by atoms with Crippen molar-refractivity contribution in [2.75, 3.05) is 45.2 Å². The van der Waals surface area contributed by atoms with Gasteiger partial charge >= 0.3 is 0 Å². The molecule has 0 aromatic heterocycles. The average molecular weight is 583 g/mol. The summed E-state index contributed by atoms with van der Waals surface area (Å²) < 4.78 is 33.0. The fourth-order valence-electron chi connectivity index (χ4n) is 5.45. The monoisotopic (exact) mass is 581 g/mol. The van der Waals surface area contributed by atoms with Gasteiger partial charge in [-0.05, 0) is 80.2 Å². The largest absolute Gasteiger partial charge is 0.377 e. The Morgan fingerprint density at radius 2 is 1.76 bits per heavy atom. The number of halogens is 2. The standard InChI is InChI=1S/C28H37Cl2N3O4S/c1-32(2)26-6-4-3-5-22(26)15-20-7-9-21(10-8-20)17-31-28(34)19-37-24-13-14-33(18-24)38(35,36)27-12-11-23(29)16-25(27)30/h3-6,11-12,16,20-21,24H,7-10,13-15,17-19H2,1-2H3,(H,31,34). The van der Waals surface area contributed by atoms with Crippen LogP contribution >= 0.6 is 23.2 Å². The van der Waals surface area contributed by atoms with E-state index < -0.39 is 10.0 Å². The van der Waals surface area contributed by atoms with Gasteiger partial charge in [-0.1, -0.05) is 41.4 Å². The minimum atomic E-state index is -3.75. The van der Waals surface area contributed by atoms with Crippen LogP contribution in [0.2, 0.25) is 10.0 Å². The first-order chi connectivity index (χ1) is 18.1. The number of para-hydroxylation sites is 1. The highest BCUT2D eigenvalue weighted by molar-refractivity contribution is 7.89. The lowest BCUT2D eigenvalue weighted by atomic mass is 9.79. The van der Waals surface area contributed by atoms with E-state index in [1.54, 1.807) is 0 Å². The van der Waals surface area contributed by atoms with Crippen LogP contribution in [-0.2, 0) is 26.0 Å². The van der Waals surface area contributed by atoms with Crippen LogP contribution in [0, 0.1) is 11.8 Å². The van der Waals surface area contributed by atoms with Crippen molar-refractivity contribution in [3.8, 4) is 0 Å². The maximum absolute atomic E-state index is 13.0. The summed E-state index contributed by atoms with van der Waals surface area (Å²) in [4.78, 5) is 14.6. The van der Waals surface area contributed by atoms with Crippen LogP contribution < -0.4 is 10.2 Å². The second-order valence-corrected chi connectivity index (χ2v) is 13.3. The first-order valence-electron chi connectivity index (χ1n) is 13.2. The van der Waals surface area contributed by atoms with Crippen molar-refractivity contribution in [2.45, 2.75) is 49.5 Å². The zero-order valence-corrected chi connectivity index (χ0v) is 24.4. The van der Waals surface area contributed by atoms with Gasteiger partial charge in [0.05, 0.1) is 11.1 Å². The van der Waals surface area contributed by atoms with Crippen LogP contribution in [0.4, 0.5) is 5.69 Å². The number of carbonyl (C=O) groups excluding carboxylic acids is 1. The van der Waals surface area contributed by atoms with E-state index in [0.717, 1.165) is 19.3 Å². The first kappa shape index (κ1) is 29.2. The SMILES string of the molecule is CN(C)c1ccccc1CC1CCC(CNC(=O)COC2CCN(S(=O)(=O)c3ccc(Cl)cc3Cl)C2)CC1. The van der Waals surface area contributed by atoms with Crippen molar-refractivity contribution >= 4 is 44.8 Å². The number of nitrogens with zero attached hydrogens (tertiary/aromatic N) is 2. The molecule has 1 amide bonds. The Labute approximate surface area is 236 Å². The molecule has 4 rings (SSSR count). The van der Waals surface area contributed by atoms with Crippen LogP contribution in [0.15, 0.2) is 47.4 Å². The Kier molecular flexibility index (Phi) is 9.98. The van der Waals surface area contributed by atoms with E-state index in [0.29, 0.717) is 36.4 Å². The molecule has 7 nitrogen and oxygen atoms in total. The lowest BCUT2D eigenvalue weighted by Crippen LogP contribution is -2.35. The summed E-state index contributed by atoms with van der Waals surface area (Å²) in [7, 11) is 0.421. The highest BCUT2D eigenvalue weighted by Gasteiger charge is 2.34. The van der Waals surface area contributed by atoms with Gasteiger partial charge < -0.3 is 15.0 Å². The van der Waals surface area contributed by atoms with Gasteiger partial charge in [-0.25, -0.2) is 8.42 Å². The third kappa shape index (κ3) is 7.42. The van der Waals surface area contributed by atoms with Gasteiger partial charge in [0.2, 0.25) is 15.9 Å². The molecule has 1 N–H and O–H groups in total. The Morgan fingerprint density at radius 1 is 1.05 bits per heavy atom. The van der Waals surface area contributed by atoms with Gasteiger partial charge in [0.1, 0.15) is 11.5 Å². The van der Waals surface area contributed by atoms with Gasteiger partial charge in [-0.2, -0.15) is 4.31 Å². The molecule has 2 aliphatic rings. The molecular formula is C28H37Cl2N3O4S. The van der Waals surface area contributed by atoms with E-state index in [9.17, 15) is 13.2 Å². The highest BCUT2D eigenvalue weighted by atomic mass is 35.5. The van der Waals surface area contributed by atoms with Gasteiger partial charge in [0, 0.05) is 44.4 Å². The van der Waals surface area contributed by atoms with Crippen molar-refractivity contribution in [1.82, 2.24) is 9.62 Å². The minimum Gasteiger partial charge on any atom is -0.377 e. The summed E-state index contributed by atoms with van der Waals surface area (Å²) in [5.41, 5.74) is 2.69. The Bertz CT molecular complexity index is 1220. The van der Waals surface area contributed by atoms with Gasteiger partial charge in [0.25, 0.3) is 0 Å². The Morgan fingerprint density at radius 3 is 2.47 bits per heavy atom. The number of amides is 1. The fourth-order valence-corrected chi connectivity index (χ4v) is 7.68. The predicted molar refractivity (Wildman–Crippen MR) is 153 cm³/mol. The summed E-state index contributed by atoms with van der Waals surface area (Å²) >= 11 is 12.0. The zero-order valence-electron chi connectivity index (χ0n) is 22.0. The second-order valence-electron chi connectivity index (χ2n) is 10.6. The van der Waals surface area contributed by atoms with Gasteiger partial charge in [-0.3, -0.25) is 4.79 Å². The van der Waals surface area contributed by atoms with E-state index in [1.165, 1.54) is 46.6 Å². The number of sulfonamides is 1. The van der Waals surface area contributed by atoms with E-state index in [-0.39, 0.29) is 35.1 Å². The van der Waals surface area contributed by atoms with Gasteiger partial charge in [0.15, 0.2) is 0 Å². The number of carbonyl (C=O) groups is 1. The number of anilines is 1. The molecule has 1 heterocycles. The molecule has 1 aliphatic carbocycles. The van der Waals surface area contributed by atoms with Crippen molar-refractivity contribution in [1.29, 1.82) is 0 Å². The van der Waals surface area contributed by atoms with E-state index in [1.807, 2.05) is 0 Å². The number of ether oxygens (including phenoxy) is 1. The summed E-state index contributed by atoms with van der Waals surface area (Å²) in [5, 5.41) is 3.48. The molecule has 2 aromatic carbocycles. The fraction of sp³-hybridized carbons (Fsp3) is 0.536. The minimum absolute atomic E-state index is 0.0265. The molecule has 1 saturated heterocycles. The summed E-state index contributed by atoms with van der Waals surface area (Å²) in [6.07, 6.45) is 5.85. The molecule has 1 atom stereocenters. The molecule has 38 heavy (non-hydrogen) atoms. The molecular weight excluding hydrogens is 545 g/mol. The number of hydrogen-bond donors (Lipinski definition) is 1. The molecule has 0 spiro atoms. The molecule has 208 valence electrons. The third-order valence-electron chi connectivity index (χ3n) is 7.61. The number of rotatable bonds is 10. The predicted octanol–water partition coefficient (Wildman–Crippen LogP) is 5.00. The number of hydrogen-bond acceptors (Lipinski definition) is 5. The maximum Gasteiger partial charge on any atom is 0.246 e. The van der Waals surface area contributed by atoms with Crippen molar-refractivity contribution in [3.05, 3.63) is 58.1 Å². The average Bonchev–Trinajstić information content (AvgIpc) is 3.37. The van der Waals surface area contributed by atoms with E-state index in [2.05, 4.69) is 48.6 Å². The number of benzene rings is 2. The Hall–Kier alpha value is -1.84. The first-order valence-corrected chi connectivity index (χ1v) is 15.4. The summed E-state index contributed by atoms with van der Waals surface area (Å²) in [6.45, 7) is 1.09. The van der Waals surface area contributed by atoms with Crippen LogP contribution in [0.25, 0.3) is 0 Å². The molecule has 10 heteroatoms. The number of nitrogens with one attached hydrogen (secondary N) is 1. The molecule has 1 unspecified atom stereocenters. The lowest BCUT2D eigenvalue weighted by Gasteiger charge is -2.29. The molecule has 0 bridgehead atoms. The summed E-state index contributed by atoms with van der Waals surface area (Å²) in [5.74, 6) is 1.00. The molecule has 2 fully saturated rings. The highest BCUT2D eigenvalue weighted by Crippen LogP contribution is 2.33. The summed E-state index contributed by atoms with van der Waals surface area (Å²) in [6, 6.07) is 12.9. The quantitative estimate of drug-likeness (QED) is 0.427. The van der Waals surface area contributed by atoms with Crippen molar-refractivity contribution in [2.24, 2.45) is 11.8 Å². The Balaban J connectivity index is 1.16. The van der Waals surface area contributed by atoms with Crippen LogP contribution in [0.3, 0.4) is 0 Å². The molecule has 2 aromatic rings. The molecule has 0 radical (unpaired) electrons. The van der Waals surface area contributed by atoms with Crippen LogP contribution in [0.1, 0.15) is 37.7 Å². The maximum atomic E-state index is 13.0. The smallest absolute Gasteiger partial charge is 0.246 e. The van der Waals surface area contributed by atoms with Gasteiger partial charge in [-0.15, -0.1) is 0 Å². The van der Waals surface area contributed by atoms with Crippen LogP contribution in [-0.4, -0.2) is 65.1 Å². The van der Waals surface area contributed by atoms with Crippen molar-refractivity contribution in [3.63, 3.8) is 0 Å². The van der Waals surface area contributed by atoms with E-state index >= 15 is 0 Å². The van der Waals surface area contributed by atoms with Crippen molar-refractivity contribution < 1.29 is 17.9 Å². The topological polar surface area (TPSA) is 79.0 Å². The zero-order chi connectivity index (χ0) is 27.3. The molecule has 1 aliphatic heterocycles. The normalized spacial score (nSPS) is 22.4. The van der Waals surface area contributed by atoms with Crippen LogP contribution in [0.5, 0.6) is 0 Å². The molecule has 1 saturated carbocycles. The van der Waals surface area contributed by atoms with E-state index in [4.69, 9.17) is 27.9 Å². The lowest BCUT2D eigenvalue weighted by molar-refractivity contribution is -0.127. The third-order valence-corrected chi connectivity index (χ3v) is 10.2. The second kappa shape index (κ2) is 13.0.